The normalized spacial score (nSPS) is 21.3. The molecule has 1 aliphatic carbocycles. The van der Waals surface area contributed by atoms with Crippen molar-refractivity contribution in [2.75, 3.05) is 13.7 Å². The summed E-state index contributed by atoms with van der Waals surface area (Å²) in [6, 6.07) is 14.6. The van der Waals surface area contributed by atoms with E-state index in [2.05, 4.69) is 28.5 Å². The second-order valence-electron chi connectivity index (χ2n) is 9.20. The number of aromatic amines is 1. The molecule has 0 bridgehead atoms. The van der Waals surface area contributed by atoms with E-state index in [1.54, 1.807) is 7.11 Å². The minimum atomic E-state index is -0.318. The van der Waals surface area contributed by atoms with E-state index < -0.39 is 0 Å². The summed E-state index contributed by atoms with van der Waals surface area (Å²) in [6.07, 6.45) is 3.94. The van der Waals surface area contributed by atoms with Gasteiger partial charge >= 0.3 is 5.69 Å². The lowest BCUT2D eigenvalue weighted by Crippen LogP contribution is -2.35. The number of ether oxygens (including phenoxy) is 1. The zero-order valence-corrected chi connectivity index (χ0v) is 20.6. The summed E-state index contributed by atoms with van der Waals surface area (Å²) >= 11 is 1.45. The van der Waals surface area contributed by atoms with Gasteiger partial charge in [-0.05, 0) is 61.4 Å². The number of halogens is 1. The Kier molecular flexibility index (Phi) is 6.27. The molecule has 0 amide bonds. The molecule has 3 heterocycles. The van der Waals surface area contributed by atoms with Crippen LogP contribution in [0.25, 0.3) is 20.3 Å². The van der Waals surface area contributed by atoms with Crippen molar-refractivity contribution in [3.63, 3.8) is 0 Å². The van der Waals surface area contributed by atoms with Crippen LogP contribution in [0, 0.1) is 5.92 Å². The first-order chi connectivity index (χ1) is 16.2. The largest absolute Gasteiger partial charge is 0.496 e. The molecule has 178 valence electrons. The minimum absolute atomic E-state index is 0. The van der Waals surface area contributed by atoms with Crippen molar-refractivity contribution in [3.05, 3.63) is 74.4 Å². The third-order valence-electron chi connectivity index (χ3n) is 7.51. The number of rotatable bonds is 5. The summed E-state index contributed by atoms with van der Waals surface area (Å²) in [5, 5.41) is 4.66. The van der Waals surface area contributed by atoms with E-state index >= 15 is 0 Å². The van der Waals surface area contributed by atoms with Gasteiger partial charge < -0.3 is 15.0 Å². The molecule has 8 heteroatoms. The average molecular weight is 498 g/mol. The van der Waals surface area contributed by atoms with Crippen molar-refractivity contribution in [2.45, 2.75) is 44.2 Å². The van der Waals surface area contributed by atoms with E-state index in [9.17, 15) is 9.59 Å². The summed E-state index contributed by atoms with van der Waals surface area (Å²) < 4.78 is 8.65. The SMILES string of the molecule is COc1cccc2c1CC[C@H]1CNC(CCCn3c(=O)[nH]c4c(sc5ccccc54)c3=O)[C@@H]21.Cl. The van der Waals surface area contributed by atoms with E-state index in [0.29, 0.717) is 34.6 Å². The molecule has 0 spiro atoms. The van der Waals surface area contributed by atoms with Crippen molar-refractivity contribution in [2.24, 2.45) is 5.92 Å². The van der Waals surface area contributed by atoms with Gasteiger partial charge in [-0.15, -0.1) is 23.7 Å². The fourth-order valence-electron chi connectivity index (χ4n) is 5.98. The molecule has 3 atom stereocenters. The fraction of sp³-hybridized carbons (Fsp3) is 0.385. The fourth-order valence-corrected chi connectivity index (χ4v) is 7.09. The van der Waals surface area contributed by atoms with Gasteiger partial charge in [0.25, 0.3) is 5.56 Å². The number of nitrogens with zero attached hydrogens (tertiary/aromatic N) is 1. The maximum atomic E-state index is 13.1. The molecular weight excluding hydrogens is 470 g/mol. The van der Waals surface area contributed by atoms with Crippen LogP contribution in [0.1, 0.15) is 36.3 Å². The Bertz CT molecular complexity index is 1470. The van der Waals surface area contributed by atoms with Crippen molar-refractivity contribution in [1.29, 1.82) is 0 Å². The van der Waals surface area contributed by atoms with Gasteiger partial charge in [-0.25, -0.2) is 4.79 Å². The predicted molar refractivity (Wildman–Crippen MR) is 140 cm³/mol. The topological polar surface area (TPSA) is 76.1 Å². The highest BCUT2D eigenvalue weighted by molar-refractivity contribution is 7.25. The van der Waals surface area contributed by atoms with Crippen LogP contribution in [0.4, 0.5) is 0 Å². The molecule has 0 saturated carbocycles. The van der Waals surface area contributed by atoms with Crippen LogP contribution in [-0.2, 0) is 13.0 Å². The van der Waals surface area contributed by atoms with Gasteiger partial charge in [-0.1, -0.05) is 30.3 Å². The highest BCUT2D eigenvalue weighted by Gasteiger charge is 2.40. The second-order valence-corrected chi connectivity index (χ2v) is 10.3. The van der Waals surface area contributed by atoms with E-state index in [4.69, 9.17) is 4.74 Å². The summed E-state index contributed by atoms with van der Waals surface area (Å²) in [5.41, 5.74) is 2.91. The number of nitrogens with one attached hydrogen (secondary N) is 2. The lowest BCUT2D eigenvalue weighted by Gasteiger charge is -2.32. The number of fused-ring (bicyclic) bond motifs is 6. The quantitative estimate of drug-likeness (QED) is 0.427. The van der Waals surface area contributed by atoms with Crippen LogP contribution in [0.2, 0.25) is 0 Å². The second kappa shape index (κ2) is 9.21. The van der Waals surface area contributed by atoms with Crippen LogP contribution in [0.3, 0.4) is 0 Å². The van der Waals surface area contributed by atoms with Crippen molar-refractivity contribution in [1.82, 2.24) is 14.9 Å². The molecule has 1 fully saturated rings. The monoisotopic (exact) mass is 497 g/mol. The number of hydrogen-bond donors (Lipinski definition) is 2. The highest BCUT2D eigenvalue weighted by Crippen LogP contribution is 2.45. The van der Waals surface area contributed by atoms with Crippen LogP contribution in [0.15, 0.2) is 52.1 Å². The molecule has 1 unspecified atom stereocenters. The van der Waals surface area contributed by atoms with Crippen molar-refractivity contribution >= 4 is 44.0 Å². The maximum absolute atomic E-state index is 13.1. The Morgan fingerprint density at radius 3 is 2.85 bits per heavy atom. The van der Waals surface area contributed by atoms with Gasteiger partial charge in [0, 0.05) is 28.6 Å². The Labute approximate surface area is 207 Å². The summed E-state index contributed by atoms with van der Waals surface area (Å²) in [4.78, 5) is 28.9. The Balaban J connectivity index is 0.00000241. The summed E-state index contributed by atoms with van der Waals surface area (Å²) in [6.45, 7) is 1.46. The molecule has 1 aliphatic heterocycles. The van der Waals surface area contributed by atoms with E-state index in [-0.39, 0.29) is 23.7 Å². The number of H-pyrrole nitrogens is 1. The minimum Gasteiger partial charge on any atom is -0.496 e. The third kappa shape index (κ3) is 3.67. The molecule has 0 radical (unpaired) electrons. The molecule has 6 nitrogen and oxygen atoms in total. The van der Waals surface area contributed by atoms with Gasteiger partial charge in [0.2, 0.25) is 0 Å². The molecule has 2 aliphatic rings. The molecular formula is C26H28ClN3O3S. The van der Waals surface area contributed by atoms with Crippen LogP contribution in [-0.4, -0.2) is 29.2 Å². The molecule has 1 saturated heterocycles. The van der Waals surface area contributed by atoms with E-state index in [1.165, 1.54) is 33.5 Å². The number of benzene rings is 2. The summed E-state index contributed by atoms with van der Waals surface area (Å²) in [5.74, 6) is 2.09. The molecule has 4 aromatic rings. The number of methoxy groups -OCH3 is 1. The first-order valence-corrected chi connectivity index (χ1v) is 12.5. The summed E-state index contributed by atoms with van der Waals surface area (Å²) in [7, 11) is 1.74. The van der Waals surface area contributed by atoms with Crippen molar-refractivity contribution in [3.8, 4) is 5.75 Å². The predicted octanol–water partition coefficient (Wildman–Crippen LogP) is 4.43. The van der Waals surface area contributed by atoms with Gasteiger partial charge in [0.1, 0.15) is 10.4 Å². The van der Waals surface area contributed by atoms with E-state index in [1.807, 2.05) is 24.3 Å². The number of hydrogen-bond acceptors (Lipinski definition) is 5. The smallest absolute Gasteiger partial charge is 0.328 e. The van der Waals surface area contributed by atoms with E-state index in [0.717, 1.165) is 41.6 Å². The Morgan fingerprint density at radius 2 is 2.00 bits per heavy atom. The van der Waals surface area contributed by atoms with Crippen molar-refractivity contribution < 1.29 is 4.74 Å². The number of thiophene rings is 1. The lowest BCUT2D eigenvalue weighted by atomic mass is 9.73. The zero-order chi connectivity index (χ0) is 22.5. The first-order valence-electron chi connectivity index (χ1n) is 11.7. The van der Waals surface area contributed by atoms with Gasteiger partial charge in [0.15, 0.2) is 0 Å². The molecule has 6 rings (SSSR count). The molecule has 2 aromatic carbocycles. The van der Waals surface area contributed by atoms with Gasteiger partial charge in [0.05, 0.1) is 12.6 Å². The highest BCUT2D eigenvalue weighted by atomic mass is 35.5. The van der Waals surface area contributed by atoms with Gasteiger partial charge in [-0.2, -0.15) is 0 Å². The van der Waals surface area contributed by atoms with Crippen LogP contribution < -0.4 is 21.3 Å². The number of aromatic nitrogens is 2. The Morgan fingerprint density at radius 1 is 1.15 bits per heavy atom. The molecule has 34 heavy (non-hydrogen) atoms. The molecule has 2 aromatic heterocycles. The molecule has 2 N–H and O–H groups in total. The third-order valence-corrected chi connectivity index (χ3v) is 8.66. The van der Waals surface area contributed by atoms with Crippen LogP contribution in [0.5, 0.6) is 5.75 Å². The zero-order valence-electron chi connectivity index (χ0n) is 19.0. The standard InChI is InChI=1S/C26H27N3O3S.ClH/c1-32-20-9-4-7-17-16(20)12-11-15-14-27-19(22(15)17)8-5-13-29-25(30)24-23(28-26(29)31)18-6-2-3-10-21(18)33-24;/h2-4,6-7,9-10,15,19,22,27H,5,8,11-14H2,1H3,(H,28,31);1H/t15-,19?,22+;/m0./s1. The lowest BCUT2D eigenvalue weighted by molar-refractivity contribution is 0.372. The average Bonchev–Trinajstić information content (AvgIpc) is 3.42. The first kappa shape index (κ1) is 23.1. The van der Waals surface area contributed by atoms with Gasteiger partial charge in [-0.3, -0.25) is 9.36 Å². The Hall–Kier alpha value is -2.61. The maximum Gasteiger partial charge on any atom is 0.328 e. The van der Waals surface area contributed by atoms with Crippen LogP contribution >= 0.6 is 23.7 Å².